The van der Waals surface area contributed by atoms with Gasteiger partial charge in [-0.1, -0.05) is 6.92 Å². The van der Waals surface area contributed by atoms with E-state index in [0.717, 1.165) is 19.0 Å². The maximum absolute atomic E-state index is 5.47. The molecule has 1 aliphatic heterocycles. The minimum Gasteiger partial charge on any atom is -0.304 e. The minimum atomic E-state index is 0.0196. The highest BCUT2D eigenvalue weighted by Gasteiger charge is 2.10. The molecule has 1 fully saturated rings. The summed E-state index contributed by atoms with van der Waals surface area (Å²) >= 11 is 0. The molecule has 0 aromatic rings. The van der Waals surface area contributed by atoms with Crippen molar-refractivity contribution in [3.05, 3.63) is 0 Å². The van der Waals surface area contributed by atoms with Gasteiger partial charge in [-0.15, -0.1) is 0 Å². The predicted molar refractivity (Wildman–Crippen MR) is 33.1 cm³/mol. The first kappa shape index (κ1) is 6.01. The second kappa shape index (κ2) is 2.44. The quantitative estimate of drug-likeness (QED) is 0.382. The van der Waals surface area contributed by atoms with Crippen molar-refractivity contribution < 1.29 is 0 Å². The molecule has 0 bridgehead atoms. The van der Waals surface area contributed by atoms with Crippen LogP contribution in [0.4, 0.5) is 0 Å². The van der Waals surface area contributed by atoms with Crippen LogP contribution in [-0.4, -0.2) is 19.4 Å². The molecule has 0 spiro atoms. The molecule has 3 heteroatoms. The third kappa shape index (κ3) is 1.43. The number of rotatable bonds is 0. The second-order valence-electron chi connectivity index (χ2n) is 2.40. The molecule has 1 aliphatic rings. The van der Waals surface area contributed by atoms with Crippen molar-refractivity contribution in [3.8, 4) is 0 Å². The van der Waals surface area contributed by atoms with E-state index in [0.29, 0.717) is 0 Å². The Labute approximate surface area is 49.6 Å². The van der Waals surface area contributed by atoms with Crippen LogP contribution in [0.3, 0.4) is 0 Å². The largest absolute Gasteiger partial charge is 0.304 e. The zero-order chi connectivity index (χ0) is 5.98. The van der Waals surface area contributed by atoms with E-state index in [1.165, 1.54) is 0 Å². The molecule has 4 N–H and O–H groups in total. The highest BCUT2D eigenvalue weighted by molar-refractivity contribution is 4.69. The van der Waals surface area contributed by atoms with Crippen molar-refractivity contribution >= 4 is 0 Å². The van der Waals surface area contributed by atoms with Gasteiger partial charge in [-0.05, 0) is 5.92 Å². The van der Waals surface area contributed by atoms with Crippen molar-refractivity contribution in [1.29, 1.82) is 0 Å². The summed E-state index contributed by atoms with van der Waals surface area (Å²) in [5.41, 5.74) is 5.47. The van der Waals surface area contributed by atoms with Crippen LogP contribution in [0.2, 0.25) is 0 Å². The van der Waals surface area contributed by atoms with Crippen LogP contribution in [0.25, 0.3) is 0 Å². The molecule has 8 heavy (non-hydrogen) atoms. The van der Waals surface area contributed by atoms with Crippen LogP contribution in [0, 0.1) is 5.92 Å². The minimum absolute atomic E-state index is 0.0196. The second-order valence-corrected chi connectivity index (χ2v) is 2.40. The summed E-state index contributed by atoms with van der Waals surface area (Å²) in [7, 11) is 0. The molecule has 1 saturated heterocycles. The van der Waals surface area contributed by atoms with Crippen molar-refractivity contribution in [3.63, 3.8) is 0 Å². The molecule has 0 saturated carbocycles. The Morgan fingerprint density at radius 1 is 1.38 bits per heavy atom. The van der Waals surface area contributed by atoms with Gasteiger partial charge >= 0.3 is 0 Å². The van der Waals surface area contributed by atoms with Crippen LogP contribution in [-0.2, 0) is 0 Å². The van der Waals surface area contributed by atoms with Gasteiger partial charge in [-0.25, -0.2) is 0 Å². The van der Waals surface area contributed by atoms with E-state index in [1.54, 1.807) is 0 Å². The number of hydrogen-bond donors (Lipinski definition) is 3. The van der Waals surface area contributed by atoms with E-state index in [4.69, 9.17) is 5.73 Å². The van der Waals surface area contributed by atoms with Crippen molar-refractivity contribution in [2.75, 3.05) is 13.1 Å². The van der Waals surface area contributed by atoms with Crippen LogP contribution >= 0.6 is 0 Å². The molecule has 0 radical (unpaired) electrons. The predicted octanol–water partition coefficient (Wildman–Crippen LogP) is -0.942. The highest BCUT2D eigenvalue weighted by atomic mass is 15.2. The lowest BCUT2D eigenvalue weighted by molar-refractivity contribution is 0.315. The zero-order valence-electron chi connectivity index (χ0n) is 5.15. The molecule has 48 valence electrons. The molecule has 0 aliphatic carbocycles. The molecule has 3 nitrogen and oxygen atoms in total. The molecular formula is C5H13N3. The van der Waals surface area contributed by atoms with E-state index >= 15 is 0 Å². The molecule has 0 unspecified atom stereocenters. The van der Waals surface area contributed by atoms with E-state index in [-0.39, 0.29) is 6.29 Å². The van der Waals surface area contributed by atoms with Gasteiger partial charge in [0.1, 0.15) is 6.29 Å². The zero-order valence-corrected chi connectivity index (χ0v) is 5.15. The van der Waals surface area contributed by atoms with Gasteiger partial charge in [-0.3, -0.25) is 10.6 Å². The molecular weight excluding hydrogens is 102 g/mol. The van der Waals surface area contributed by atoms with E-state index < -0.39 is 0 Å². The number of nitrogens with one attached hydrogen (secondary N) is 2. The fourth-order valence-corrected chi connectivity index (χ4v) is 0.801. The normalized spacial score (nSPS) is 39.8. The van der Waals surface area contributed by atoms with Gasteiger partial charge in [0.15, 0.2) is 0 Å². The average molecular weight is 115 g/mol. The third-order valence-electron chi connectivity index (χ3n) is 1.37. The van der Waals surface area contributed by atoms with Crippen molar-refractivity contribution in [2.45, 2.75) is 13.2 Å². The standard InChI is InChI=1S/C5H13N3/c1-4-2-7-5(6)8-3-4/h4-5,7-8H,2-3,6H2,1H3. The monoisotopic (exact) mass is 115 g/mol. The maximum atomic E-state index is 5.47. The van der Waals surface area contributed by atoms with Crippen LogP contribution < -0.4 is 16.4 Å². The molecule has 0 amide bonds. The average Bonchev–Trinajstić information content (AvgIpc) is 1.77. The van der Waals surface area contributed by atoms with Crippen molar-refractivity contribution in [2.24, 2.45) is 11.7 Å². The van der Waals surface area contributed by atoms with Gasteiger partial charge in [-0.2, -0.15) is 0 Å². The SMILES string of the molecule is CC1CNC(N)NC1. The lowest BCUT2D eigenvalue weighted by atomic mass is 10.1. The smallest absolute Gasteiger partial charge is 0.109 e. The molecule has 0 aromatic heterocycles. The summed E-state index contributed by atoms with van der Waals surface area (Å²) in [5, 5.41) is 6.20. The lowest BCUT2D eigenvalue weighted by Crippen LogP contribution is -2.56. The van der Waals surface area contributed by atoms with Gasteiger partial charge < -0.3 is 5.73 Å². The van der Waals surface area contributed by atoms with Crippen LogP contribution in [0.1, 0.15) is 6.92 Å². The Morgan fingerprint density at radius 2 is 1.88 bits per heavy atom. The highest BCUT2D eigenvalue weighted by Crippen LogP contribution is 1.93. The van der Waals surface area contributed by atoms with Gasteiger partial charge in [0.05, 0.1) is 0 Å². The molecule has 1 heterocycles. The Balaban J connectivity index is 2.19. The van der Waals surface area contributed by atoms with E-state index in [2.05, 4.69) is 17.6 Å². The Kier molecular flexibility index (Phi) is 1.83. The molecule has 1 rings (SSSR count). The molecule has 0 atom stereocenters. The molecule has 0 aromatic carbocycles. The van der Waals surface area contributed by atoms with Crippen LogP contribution in [0.5, 0.6) is 0 Å². The Bertz CT molecular complexity index is 56.1. The van der Waals surface area contributed by atoms with Gasteiger partial charge in [0, 0.05) is 13.1 Å². The first-order valence-electron chi connectivity index (χ1n) is 3.01. The Morgan fingerprint density at radius 3 is 2.25 bits per heavy atom. The summed E-state index contributed by atoms with van der Waals surface area (Å²) < 4.78 is 0. The van der Waals surface area contributed by atoms with E-state index in [9.17, 15) is 0 Å². The van der Waals surface area contributed by atoms with Gasteiger partial charge in [0.2, 0.25) is 0 Å². The van der Waals surface area contributed by atoms with Gasteiger partial charge in [0.25, 0.3) is 0 Å². The summed E-state index contributed by atoms with van der Waals surface area (Å²) in [6, 6.07) is 0. The third-order valence-corrected chi connectivity index (χ3v) is 1.37. The lowest BCUT2D eigenvalue weighted by Gasteiger charge is -2.25. The summed E-state index contributed by atoms with van der Waals surface area (Å²) in [6.07, 6.45) is 0.0196. The number of nitrogens with two attached hydrogens (primary N) is 1. The van der Waals surface area contributed by atoms with Crippen molar-refractivity contribution in [1.82, 2.24) is 10.6 Å². The maximum Gasteiger partial charge on any atom is 0.109 e. The first-order chi connectivity index (χ1) is 3.79. The Hall–Kier alpha value is -0.120. The summed E-state index contributed by atoms with van der Waals surface area (Å²) in [4.78, 5) is 0. The fraction of sp³-hybridized carbons (Fsp3) is 1.00. The fourth-order valence-electron chi connectivity index (χ4n) is 0.801. The van der Waals surface area contributed by atoms with Crippen LogP contribution in [0.15, 0.2) is 0 Å². The summed E-state index contributed by atoms with van der Waals surface area (Å²) in [5.74, 6) is 0.717. The van der Waals surface area contributed by atoms with E-state index in [1.807, 2.05) is 0 Å². The summed E-state index contributed by atoms with van der Waals surface area (Å²) in [6.45, 7) is 4.26. The first-order valence-corrected chi connectivity index (χ1v) is 3.01. The number of hydrogen-bond acceptors (Lipinski definition) is 3. The topological polar surface area (TPSA) is 50.1 Å².